The number of nitrogens with one attached hydrogen (secondary N) is 1. The molecule has 0 aliphatic heterocycles. The maximum absolute atomic E-state index is 12.8. The molecule has 1 N–H and O–H groups in total. The van der Waals surface area contributed by atoms with E-state index in [-0.39, 0.29) is 15.7 Å². The van der Waals surface area contributed by atoms with Gasteiger partial charge in [0.1, 0.15) is 11.6 Å². The molecule has 0 aromatic heterocycles. The number of carbonyl (C=O) groups is 1. The predicted molar refractivity (Wildman–Crippen MR) is 100.0 cm³/mol. The van der Waals surface area contributed by atoms with Gasteiger partial charge in [0.05, 0.1) is 29.8 Å². The number of hydrogen-bond donors (Lipinski definition) is 1. The Morgan fingerprint density at radius 3 is 2.56 bits per heavy atom. The number of carbonyl (C=O) groups excluding carboxylic acids is 1. The Labute approximate surface area is 161 Å². The summed E-state index contributed by atoms with van der Waals surface area (Å²) < 4.78 is 43.7. The van der Waals surface area contributed by atoms with Gasteiger partial charge in [0, 0.05) is 7.05 Å². The van der Waals surface area contributed by atoms with Crippen molar-refractivity contribution < 1.29 is 22.3 Å². The van der Waals surface area contributed by atoms with E-state index in [1.54, 1.807) is 0 Å². The fraction of sp³-hybridized carbons (Fsp3) is 0.176. The number of sulfonamides is 1. The highest BCUT2D eigenvalue weighted by Crippen LogP contribution is 2.27. The first-order valence-electron chi connectivity index (χ1n) is 7.61. The molecule has 144 valence electrons. The van der Waals surface area contributed by atoms with Crippen molar-refractivity contribution in [1.82, 2.24) is 9.73 Å². The molecule has 2 rings (SSSR count). The van der Waals surface area contributed by atoms with Crippen LogP contribution in [0.4, 0.5) is 4.39 Å². The van der Waals surface area contributed by atoms with E-state index in [2.05, 4.69) is 10.5 Å². The van der Waals surface area contributed by atoms with Crippen molar-refractivity contribution in [3.8, 4) is 5.75 Å². The van der Waals surface area contributed by atoms with Crippen LogP contribution >= 0.6 is 11.6 Å². The number of hydrogen-bond acceptors (Lipinski definition) is 5. The van der Waals surface area contributed by atoms with Crippen LogP contribution in [0.2, 0.25) is 5.02 Å². The van der Waals surface area contributed by atoms with E-state index in [1.807, 2.05) is 0 Å². The van der Waals surface area contributed by atoms with Gasteiger partial charge in [0.15, 0.2) is 0 Å². The molecule has 1 amide bonds. The van der Waals surface area contributed by atoms with Crippen LogP contribution in [0.3, 0.4) is 0 Å². The summed E-state index contributed by atoms with van der Waals surface area (Å²) in [5.41, 5.74) is 2.79. The van der Waals surface area contributed by atoms with Crippen molar-refractivity contribution in [1.29, 1.82) is 0 Å². The zero-order valence-corrected chi connectivity index (χ0v) is 16.1. The van der Waals surface area contributed by atoms with Crippen LogP contribution in [0.25, 0.3) is 0 Å². The number of benzene rings is 2. The van der Waals surface area contributed by atoms with Gasteiger partial charge in [-0.05, 0) is 35.9 Å². The molecule has 0 radical (unpaired) electrons. The second-order valence-corrected chi connectivity index (χ2v) is 7.85. The highest BCUT2D eigenvalue weighted by atomic mass is 35.5. The van der Waals surface area contributed by atoms with Crippen LogP contribution in [-0.2, 0) is 14.8 Å². The van der Waals surface area contributed by atoms with Gasteiger partial charge < -0.3 is 4.74 Å². The lowest BCUT2D eigenvalue weighted by Gasteiger charge is -2.16. The number of likely N-dealkylation sites (N-methyl/N-ethyl adjacent to an activating group) is 1. The minimum Gasteiger partial charge on any atom is -0.495 e. The molecule has 0 aliphatic rings. The van der Waals surface area contributed by atoms with Gasteiger partial charge in [0.25, 0.3) is 5.91 Å². The van der Waals surface area contributed by atoms with E-state index in [9.17, 15) is 17.6 Å². The quantitative estimate of drug-likeness (QED) is 0.557. The van der Waals surface area contributed by atoms with E-state index in [4.69, 9.17) is 16.3 Å². The van der Waals surface area contributed by atoms with Crippen LogP contribution in [0.15, 0.2) is 52.5 Å². The molecule has 0 aliphatic carbocycles. The number of ether oxygens (including phenoxy) is 1. The van der Waals surface area contributed by atoms with E-state index < -0.39 is 22.5 Å². The Hall–Kier alpha value is -2.49. The van der Waals surface area contributed by atoms with E-state index in [0.717, 1.165) is 4.31 Å². The molecule has 0 unspecified atom stereocenters. The molecule has 2 aromatic rings. The molecule has 10 heteroatoms. The van der Waals surface area contributed by atoms with E-state index in [1.165, 1.54) is 62.8 Å². The van der Waals surface area contributed by atoms with Crippen molar-refractivity contribution in [2.24, 2.45) is 5.10 Å². The summed E-state index contributed by atoms with van der Waals surface area (Å²) in [6.07, 6.45) is 1.31. The van der Waals surface area contributed by atoms with Gasteiger partial charge in [-0.2, -0.15) is 9.41 Å². The van der Waals surface area contributed by atoms with Crippen LogP contribution in [0, 0.1) is 5.82 Å². The average Bonchev–Trinajstić information content (AvgIpc) is 2.63. The molecule has 0 saturated carbocycles. The normalized spacial score (nSPS) is 11.7. The SMILES string of the molecule is COc1ccc(S(=O)(=O)N(C)CC(=O)N/N=C\c2ccc(F)cc2)cc1Cl. The Kier molecular flexibility index (Phi) is 6.89. The standard InChI is InChI=1S/C17H17ClFN3O4S/c1-22(27(24,25)14-7-8-16(26-2)15(18)9-14)11-17(23)21-20-10-12-3-5-13(19)6-4-12/h3-10H,11H2,1-2H3,(H,21,23)/b20-10-. The van der Waals surface area contributed by atoms with Gasteiger partial charge in [-0.3, -0.25) is 4.79 Å². The Bertz CT molecular complexity index is 949. The number of methoxy groups -OCH3 is 1. The van der Waals surface area contributed by atoms with Gasteiger partial charge in [0.2, 0.25) is 10.0 Å². The molecule has 0 fully saturated rings. The van der Waals surface area contributed by atoms with Gasteiger partial charge in [-0.1, -0.05) is 23.7 Å². The third-order valence-electron chi connectivity index (χ3n) is 3.47. The number of hydrazone groups is 1. The summed E-state index contributed by atoms with van der Waals surface area (Å²) in [4.78, 5) is 11.8. The van der Waals surface area contributed by atoms with Gasteiger partial charge in [-0.15, -0.1) is 0 Å². The third kappa shape index (κ3) is 5.49. The summed E-state index contributed by atoms with van der Waals surface area (Å²) in [6, 6.07) is 9.48. The molecule has 0 saturated heterocycles. The zero-order valence-electron chi connectivity index (χ0n) is 14.5. The first-order valence-corrected chi connectivity index (χ1v) is 9.43. The highest BCUT2D eigenvalue weighted by Gasteiger charge is 2.23. The van der Waals surface area contributed by atoms with Crippen molar-refractivity contribution in [2.45, 2.75) is 4.90 Å². The van der Waals surface area contributed by atoms with E-state index in [0.29, 0.717) is 11.3 Å². The van der Waals surface area contributed by atoms with Crippen LogP contribution in [0.5, 0.6) is 5.75 Å². The number of nitrogens with zero attached hydrogens (tertiary/aromatic N) is 2. The summed E-state index contributed by atoms with van der Waals surface area (Å²) in [5, 5.41) is 3.85. The largest absolute Gasteiger partial charge is 0.495 e. The van der Waals surface area contributed by atoms with E-state index >= 15 is 0 Å². The van der Waals surface area contributed by atoms with Crippen molar-refractivity contribution in [3.05, 3.63) is 58.9 Å². The lowest BCUT2D eigenvalue weighted by atomic mass is 10.2. The van der Waals surface area contributed by atoms with Gasteiger partial charge >= 0.3 is 0 Å². The second kappa shape index (κ2) is 8.94. The number of halogens is 2. The maximum Gasteiger partial charge on any atom is 0.255 e. The molecule has 0 bridgehead atoms. The molecule has 7 nitrogen and oxygen atoms in total. The monoisotopic (exact) mass is 413 g/mol. The smallest absolute Gasteiger partial charge is 0.255 e. The minimum atomic E-state index is -3.92. The van der Waals surface area contributed by atoms with Crippen molar-refractivity contribution >= 4 is 33.7 Å². The lowest BCUT2D eigenvalue weighted by molar-refractivity contribution is -0.121. The van der Waals surface area contributed by atoms with Crippen molar-refractivity contribution in [2.75, 3.05) is 20.7 Å². The number of amides is 1. The molecular formula is C17H17ClFN3O4S. The van der Waals surface area contributed by atoms with Crippen LogP contribution < -0.4 is 10.2 Å². The fourth-order valence-electron chi connectivity index (χ4n) is 2.04. The van der Waals surface area contributed by atoms with Gasteiger partial charge in [-0.25, -0.2) is 18.2 Å². The molecule has 0 atom stereocenters. The number of rotatable bonds is 7. The van der Waals surface area contributed by atoms with Crippen LogP contribution in [0.1, 0.15) is 5.56 Å². The predicted octanol–water partition coefficient (Wildman–Crippen LogP) is 2.26. The average molecular weight is 414 g/mol. The van der Waals surface area contributed by atoms with Crippen molar-refractivity contribution in [3.63, 3.8) is 0 Å². The molecule has 0 spiro atoms. The summed E-state index contributed by atoms with van der Waals surface area (Å²) in [7, 11) is -1.25. The maximum atomic E-state index is 12.8. The summed E-state index contributed by atoms with van der Waals surface area (Å²) in [6.45, 7) is -0.452. The molecule has 27 heavy (non-hydrogen) atoms. The summed E-state index contributed by atoms with van der Waals surface area (Å²) in [5.74, 6) is -0.688. The lowest BCUT2D eigenvalue weighted by Crippen LogP contribution is -2.36. The second-order valence-electron chi connectivity index (χ2n) is 5.40. The Morgan fingerprint density at radius 2 is 1.96 bits per heavy atom. The Balaban J connectivity index is 2.00. The molecule has 2 aromatic carbocycles. The van der Waals surface area contributed by atoms with Crippen LogP contribution in [-0.4, -0.2) is 45.5 Å². The zero-order chi connectivity index (χ0) is 20.0. The first-order chi connectivity index (χ1) is 12.7. The third-order valence-corrected chi connectivity index (χ3v) is 5.57. The molecular weight excluding hydrogens is 397 g/mol. The summed E-state index contributed by atoms with van der Waals surface area (Å²) >= 11 is 5.95. The minimum absolute atomic E-state index is 0.0709. The fourth-order valence-corrected chi connectivity index (χ4v) is 3.51. The molecule has 0 heterocycles. The topological polar surface area (TPSA) is 88.1 Å². The first kappa shape index (κ1) is 20.8. The highest BCUT2D eigenvalue weighted by molar-refractivity contribution is 7.89. The Morgan fingerprint density at radius 1 is 1.30 bits per heavy atom.